The highest BCUT2D eigenvalue weighted by molar-refractivity contribution is 7.89. The van der Waals surface area contributed by atoms with Crippen molar-refractivity contribution < 1.29 is 8.42 Å². The zero-order valence-electron chi connectivity index (χ0n) is 15.1. The van der Waals surface area contributed by atoms with Gasteiger partial charge in [-0.05, 0) is 6.42 Å². The lowest BCUT2D eigenvalue weighted by atomic mass is 10.2. The summed E-state index contributed by atoms with van der Waals surface area (Å²) >= 11 is 0. The van der Waals surface area contributed by atoms with Crippen LogP contribution in [0.15, 0.2) is 17.1 Å². The SMILES string of the molecule is CCN(CC)S(=O)(=O)CCNC(=NC)N1CCC(N2CC=CC2)C1. The second-order valence-electron chi connectivity index (χ2n) is 6.19. The first-order valence-electron chi connectivity index (χ1n) is 8.84. The summed E-state index contributed by atoms with van der Waals surface area (Å²) < 4.78 is 26.0. The van der Waals surface area contributed by atoms with E-state index in [1.165, 1.54) is 4.31 Å². The molecule has 2 aliphatic heterocycles. The highest BCUT2D eigenvalue weighted by atomic mass is 32.2. The number of hydrogen-bond acceptors (Lipinski definition) is 4. The van der Waals surface area contributed by atoms with Crippen molar-refractivity contribution in [2.45, 2.75) is 26.3 Å². The summed E-state index contributed by atoms with van der Waals surface area (Å²) in [5, 5.41) is 3.22. The van der Waals surface area contributed by atoms with Crippen LogP contribution in [-0.4, -0.2) is 93.1 Å². The van der Waals surface area contributed by atoms with Crippen LogP contribution < -0.4 is 5.32 Å². The monoisotopic (exact) mass is 357 g/mol. The molecule has 0 aliphatic carbocycles. The molecule has 1 fully saturated rings. The predicted molar refractivity (Wildman–Crippen MR) is 98.8 cm³/mol. The lowest BCUT2D eigenvalue weighted by molar-refractivity contribution is 0.259. The van der Waals surface area contributed by atoms with Crippen molar-refractivity contribution in [3.8, 4) is 0 Å². The van der Waals surface area contributed by atoms with E-state index in [0.717, 1.165) is 38.6 Å². The summed E-state index contributed by atoms with van der Waals surface area (Å²) in [7, 11) is -1.44. The van der Waals surface area contributed by atoms with Crippen molar-refractivity contribution in [3.05, 3.63) is 12.2 Å². The maximum atomic E-state index is 12.2. The van der Waals surface area contributed by atoms with Gasteiger partial charge in [-0.2, -0.15) is 0 Å². The van der Waals surface area contributed by atoms with Crippen LogP contribution in [-0.2, 0) is 10.0 Å². The molecule has 7 nitrogen and oxygen atoms in total. The van der Waals surface area contributed by atoms with Crippen molar-refractivity contribution in [3.63, 3.8) is 0 Å². The fourth-order valence-electron chi connectivity index (χ4n) is 3.39. The summed E-state index contributed by atoms with van der Waals surface area (Å²) in [6.07, 6.45) is 5.56. The van der Waals surface area contributed by atoms with Crippen LogP contribution in [0, 0.1) is 0 Å². The van der Waals surface area contributed by atoms with Crippen LogP contribution in [0.1, 0.15) is 20.3 Å². The Morgan fingerprint density at radius 2 is 1.96 bits per heavy atom. The predicted octanol–water partition coefficient (Wildman–Crippen LogP) is 0.180. The van der Waals surface area contributed by atoms with E-state index in [2.05, 4.69) is 32.3 Å². The number of likely N-dealkylation sites (tertiary alicyclic amines) is 1. The van der Waals surface area contributed by atoms with Crippen molar-refractivity contribution >= 4 is 16.0 Å². The van der Waals surface area contributed by atoms with Crippen LogP contribution in [0.25, 0.3) is 0 Å². The molecule has 1 N–H and O–H groups in total. The molecular formula is C16H31N5O2S. The molecule has 0 aromatic rings. The van der Waals surface area contributed by atoms with Crippen LogP contribution in [0.4, 0.5) is 0 Å². The zero-order chi connectivity index (χ0) is 17.6. The second-order valence-corrected chi connectivity index (χ2v) is 8.28. The van der Waals surface area contributed by atoms with Gasteiger partial charge in [0.25, 0.3) is 0 Å². The van der Waals surface area contributed by atoms with Gasteiger partial charge in [-0.1, -0.05) is 26.0 Å². The third-order valence-electron chi connectivity index (χ3n) is 4.78. The molecule has 0 radical (unpaired) electrons. The van der Waals surface area contributed by atoms with E-state index in [0.29, 0.717) is 25.7 Å². The molecule has 0 aromatic heterocycles. The van der Waals surface area contributed by atoms with Gasteiger partial charge in [0.1, 0.15) is 0 Å². The summed E-state index contributed by atoms with van der Waals surface area (Å²) in [4.78, 5) is 9.02. The first-order valence-corrected chi connectivity index (χ1v) is 10.4. The first kappa shape index (κ1) is 19.2. The number of aliphatic imine (C=N–C) groups is 1. The maximum Gasteiger partial charge on any atom is 0.215 e. The normalized spacial score (nSPS) is 22.8. The van der Waals surface area contributed by atoms with Crippen molar-refractivity contribution in [1.82, 2.24) is 19.4 Å². The van der Waals surface area contributed by atoms with Crippen molar-refractivity contribution in [2.24, 2.45) is 4.99 Å². The molecule has 2 rings (SSSR count). The van der Waals surface area contributed by atoms with Gasteiger partial charge in [-0.3, -0.25) is 9.89 Å². The van der Waals surface area contributed by atoms with Gasteiger partial charge in [0.15, 0.2) is 5.96 Å². The second kappa shape index (κ2) is 8.82. The summed E-state index contributed by atoms with van der Waals surface area (Å²) in [5.74, 6) is 0.903. The third kappa shape index (κ3) is 4.70. The van der Waals surface area contributed by atoms with Gasteiger partial charge < -0.3 is 10.2 Å². The maximum absolute atomic E-state index is 12.2. The Labute approximate surface area is 146 Å². The molecule has 138 valence electrons. The minimum atomic E-state index is -3.19. The molecule has 1 unspecified atom stereocenters. The Morgan fingerprint density at radius 1 is 1.29 bits per heavy atom. The van der Waals surface area contributed by atoms with Crippen LogP contribution in [0.2, 0.25) is 0 Å². The van der Waals surface area contributed by atoms with Gasteiger partial charge in [-0.25, -0.2) is 12.7 Å². The number of nitrogens with one attached hydrogen (secondary N) is 1. The molecule has 0 bridgehead atoms. The minimum Gasteiger partial charge on any atom is -0.355 e. The molecule has 8 heteroatoms. The van der Waals surface area contributed by atoms with Crippen LogP contribution in [0.3, 0.4) is 0 Å². The van der Waals surface area contributed by atoms with E-state index in [4.69, 9.17) is 0 Å². The highest BCUT2D eigenvalue weighted by Crippen LogP contribution is 2.17. The molecule has 0 amide bonds. The number of rotatable bonds is 7. The van der Waals surface area contributed by atoms with Gasteiger partial charge in [0, 0.05) is 58.9 Å². The number of sulfonamides is 1. The van der Waals surface area contributed by atoms with Crippen LogP contribution >= 0.6 is 0 Å². The summed E-state index contributed by atoms with van der Waals surface area (Å²) in [6, 6.07) is 0.554. The Balaban J connectivity index is 1.81. The Kier molecular flexibility index (Phi) is 7.06. The Hall–Kier alpha value is -1.12. The average Bonchev–Trinajstić information content (AvgIpc) is 3.23. The molecule has 2 heterocycles. The van der Waals surface area contributed by atoms with E-state index >= 15 is 0 Å². The molecular weight excluding hydrogens is 326 g/mol. The highest BCUT2D eigenvalue weighted by Gasteiger charge is 2.29. The quantitative estimate of drug-likeness (QED) is 0.400. The molecule has 2 aliphatic rings. The van der Waals surface area contributed by atoms with E-state index in [9.17, 15) is 8.42 Å². The molecule has 0 spiro atoms. The first-order chi connectivity index (χ1) is 11.5. The van der Waals surface area contributed by atoms with E-state index in [1.807, 2.05) is 13.8 Å². The van der Waals surface area contributed by atoms with E-state index in [1.54, 1.807) is 7.05 Å². The molecule has 0 aromatic carbocycles. The van der Waals surface area contributed by atoms with E-state index in [-0.39, 0.29) is 5.75 Å². The van der Waals surface area contributed by atoms with Gasteiger partial charge in [0.2, 0.25) is 10.0 Å². The Bertz CT molecular complexity index is 549. The van der Waals surface area contributed by atoms with E-state index < -0.39 is 10.0 Å². The smallest absolute Gasteiger partial charge is 0.215 e. The fraction of sp³-hybridized carbons (Fsp3) is 0.812. The zero-order valence-corrected chi connectivity index (χ0v) is 15.9. The molecule has 1 atom stereocenters. The Morgan fingerprint density at radius 3 is 2.54 bits per heavy atom. The van der Waals surface area contributed by atoms with Gasteiger partial charge in [-0.15, -0.1) is 0 Å². The molecule has 0 saturated carbocycles. The summed E-state index contributed by atoms with van der Waals surface area (Å²) in [6.45, 7) is 9.14. The number of hydrogen-bond donors (Lipinski definition) is 1. The minimum absolute atomic E-state index is 0.0982. The van der Waals surface area contributed by atoms with Crippen molar-refractivity contribution in [1.29, 1.82) is 0 Å². The third-order valence-corrected chi connectivity index (χ3v) is 6.80. The standard InChI is InChI=1S/C16H31N5O2S/c1-4-21(5-2)24(22,23)13-9-18-16(17-3)20-12-8-15(14-20)19-10-6-7-11-19/h6-7,15H,4-5,8-14H2,1-3H3,(H,17,18). The lowest BCUT2D eigenvalue weighted by Gasteiger charge is -2.25. The van der Waals surface area contributed by atoms with Crippen LogP contribution in [0.5, 0.6) is 0 Å². The number of nitrogens with zero attached hydrogens (tertiary/aromatic N) is 4. The largest absolute Gasteiger partial charge is 0.355 e. The molecule has 1 saturated heterocycles. The number of guanidine groups is 1. The molecule has 24 heavy (non-hydrogen) atoms. The summed E-state index contributed by atoms with van der Waals surface area (Å²) in [5.41, 5.74) is 0. The average molecular weight is 358 g/mol. The lowest BCUT2D eigenvalue weighted by Crippen LogP contribution is -2.45. The van der Waals surface area contributed by atoms with Gasteiger partial charge in [0.05, 0.1) is 5.75 Å². The topological polar surface area (TPSA) is 68.2 Å². The van der Waals surface area contributed by atoms with Gasteiger partial charge >= 0.3 is 0 Å². The van der Waals surface area contributed by atoms with Crippen molar-refractivity contribution in [2.75, 3.05) is 58.6 Å². The fourth-order valence-corrected chi connectivity index (χ4v) is 4.80.